The number of aryl methyl sites for hydroxylation is 2. The van der Waals surface area contributed by atoms with E-state index >= 15 is 0 Å². The summed E-state index contributed by atoms with van der Waals surface area (Å²) < 4.78 is 4.95. The molecule has 1 heterocycles. The molecule has 0 atom stereocenters. The van der Waals surface area contributed by atoms with E-state index in [2.05, 4.69) is 15.6 Å². The number of carbonyl (C=O) groups excluding carboxylic acids is 2. The van der Waals surface area contributed by atoms with Crippen LogP contribution in [0.15, 0.2) is 48.5 Å². The molecule has 0 spiro atoms. The highest BCUT2D eigenvalue weighted by Crippen LogP contribution is 2.21. The van der Waals surface area contributed by atoms with E-state index in [4.69, 9.17) is 4.74 Å². The highest BCUT2D eigenvalue weighted by atomic mass is 16.5. The number of nitrogens with one attached hydrogen (secondary N) is 2. The third-order valence-corrected chi connectivity index (χ3v) is 4.42. The molecular weight excluding hydrogens is 354 g/mol. The summed E-state index contributed by atoms with van der Waals surface area (Å²) in [5, 5.41) is 6.52. The van der Waals surface area contributed by atoms with Crippen LogP contribution in [-0.2, 0) is 4.74 Å². The summed E-state index contributed by atoms with van der Waals surface area (Å²) in [7, 11) is 1.57. The number of carbonyl (C=O) groups is 2. The van der Waals surface area contributed by atoms with Crippen LogP contribution in [0, 0.1) is 13.8 Å². The molecule has 0 saturated carbocycles. The number of hydrogen-bond acceptors (Lipinski definition) is 4. The number of aromatic nitrogens is 1. The van der Waals surface area contributed by atoms with Gasteiger partial charge in [0.05, 0.1) is 34.6 Å². The van der Waals surface area contributed by atoms with Crippen molar-refractivity contribution in [2.45, 2.75) is 13.8 Å². The third kappa shape index (κ3) is 4.35. The van der Waals surface area contributed by atoms with Crippen molar-refractivity contribution in [2.75, 3.05) is 25.6 Å². The Balaban J connectivity index is 1.86. The van der Waals surface area contributed by atoms with Gasteiger partial charge in [-0.25, -0.2) is 0 Å². The Labute approximate surface area is 163 Å². The lowest BCUT2D eigenvalue weighted by Gasteiger charge is -2.13. The lowest BCUT2D eigenvalue weighted by Crippen LogP contribution is -2.28. The molecule has 0 bridgehead atoms. The molecule has 2 amide bonds. The molecule has 0 saturated heterocycles. The highest BCUT2D eigenvalue weighted by Gasteiger charge is 2.16. The zero-order valence-corrected chi connectivity index (χ0v) is 16.2. The van der Waals surface area contributed by atoms with Gasteiger partial charge in [0.2, 0.25) is 0 Å². The maximum atomic E-state index is 12.9. The van der Waals surface area contributed by atoms with Crippen LogP contribution in [0.3, 0.4) is 0 Å². The first-order chi connectivity index (χ1) is 13.5. The van der Waals surface area contributed by atoms with E-state index in [1.54, 1.807) is 38.3 Å². The van der Waals surface area contributed by atoms with Crippen LogP contribution in [0.2, 0.25) is 0 Å². The highest BCUT2D eigenvalue weighted by molar-refractivity contribution is 6.10. The Morgan fingerprint density at radius 1 is 1.00 bits per heavy atom. The fraction of sp³-hybridized carbons (Fsp3) is 0.227. The molecule has 2 N–H and O–H groups in total. The lowest BCUT2D eigenvalue weighted by molar-refractivity contribution is 0.0938. The number of para-hydroxylation sites is 1. The van der Waals surface area contributed by atoms with E-state index in [1.807, 2.05) is 31.2 Å². The van der Waals surface area contributed by atoms with Crippen LogP contribution in [0.1, 0.15) is 32.0 Å². The van der Waals surface area contributed by atoms with Crippen molar-refractivity contribution in [3.8, 4) is 0 Å². The van der Waals surface area contributed by atoms with Gasteiger partial charge in [-0.2, -0.15) is 0 Å². The second-order valence-electron chi connectivity index (χ2n) is 6.57. The first-order valence-electron chi connectivity index (χ1n) is 9.05. The molecule has 0 aliphatic heterocycles. The maximum Gasteiger partial charge on any atom is 0.257 e. The number of amides is 2. The fourth-order valence-electron chi connectivity index (χ4n) is 2.96. The first kappa shape index (κ1) is 19.5. The smallest absolute Gasteiger partial charge is 0.257 e. The summed E-state index contributed by atoms with van der Waals surface area (Å²) in [6, 6.07) is 14.7. The van der Waals surface area contributed by atoms with Crippen LogP contribution >= 0.6 is 0 Å². The standard InChI is InChI=1S/C22H23N3O3/c1-14-8-9-19-16(12-14)13-18(15(2)24-19)22(27)25-20-7-5-4-6-17(20)21(26)23-10-11-28-3/h4-9,12-13H,10-11H2,1-3H3,(H,23,26)(H,25,27). The Hall–Kier alpha value is -3.25. The second kappa shape index (κ2) is 8.63. The monoisotopic (exact) mass is 377 g/mol. The van der Waals surface area contributed by atoms with Gasteiger partial charge in [-0.3, -0.25) is 14.6 Å². The summed E-state index contributed by atoms with van der Waals surface area (Å²) in [5.41, 5.74) is 3.91. The predicted molar refractivity (Wildman–Crippen MR) is 110 cm³/mol. The van der Waals surface area contributed by atoms with Crippen molar-refractivity contribution in [3.63, 3.8) is 0 Å². The van der Waals surface area contributed by atoms with Gasteiger partial charge < -0.3 is 15.4 Å². The van der Waals surface area contributed by atoms with Crippen molar-refractivity contribution in [1.82, 2.24) is 10.3 Å². The Bertz CT molecular complexity index is 1030. The molecule has 0 unspecified atom stereocenters. The number of pyridine rings is 1. The van der Waals surface area contributed by atoms with Crippen LogP contribution in [0.4, 0.5) is 5.69 Å². The van der Waals surface area contributed by atoms with E-state index < -0.39 is 0 Å². The fourth-order valence-corrected chi connectivity index (χ4v) is 2.96. The van der Waals surface area contributed by atoms with Crippen LogP contribution < -0.4 is 10.6 Å². The average molecular weight is 377 g/mol. The second-order valence-corrected chi connectivity index (χ2v) is 6.57. The van der Waals surface area contributed by atoms with Crippen LogP contribution in [0.5, 0.6) is 0 Å². The van der Waals surface area contributed by atoms with Crippen LogP contribution in [-0.4, -0.2) is 37.1 Å². The average Bonchev–Trinajstić information content (AvgIpc) is 2.68. The molecule has 0 aliphatic carbocycles. The number of methoxy groups -OCH3 is 1. The summed E-state index contributed by atoms with van der Waals surface area (Å²) in [4.78, 5) is 29.8. The van der Waals surface area contributed by atoms with Gasteiger partial charge in [0.25, 0.3) is 11.8 Å². The molecule has 0 radical (unpaired) electrons. The summed E-state index contributed by atoms with van der Waals surface area (Å²) in [5.74, 6) is -0.567. The van der Waals surface area contributed by atoms with E-state index in [9.17, 15) is 9.59 Å². The molecule has 144 valence electrons. The zero-order chi connectivity index (χ0) is 20.1. The molecule has 2 aromatic carbocycles. The molecule has 3 aromatic rings. The Kier molecular flexibility index (Phi) is 6.01. The minimum absolute atomic E-state index is 0.267. The molecule has 0 aliphatic rings. The molecule has 28 heavy (non-hydrogen) atoms. The minimum Gasteiger partial charge on any atom is -0.383 e. The summed E-state index contributed by atoms with van der Waals surface area (Å²) >= 11 is 0. The van der Waals surface area contributed by atoms with E-state index in [-0.39, 0.29) is 11.8 Å². The van der Waals surface area contributed by atoms with Gasteiger partial charge in [-0.1, -0.05) is 23.8 Å². The van der Waals surface area contributed by atoms with Crippen molar-refractivity contribution < 1.29 is 14.3 Å². The molecule has 6 nitrogen and oxygen atoms in total. The van der Waals surface area contributed by atoms with Gasteiger partial charge in [0, 0.05) is 19.0 Å². The Morgan fingerprint density at radius 3 is 2.57 bits per heavy atom. The molecular formula is C22H23N3O3. The topological polar surface area (TPSA) is 80.3 Å². The molecule has 0 fully saturated rings. The molecule has 6 heteroatoms. The van der Waals surface area contributed by atoms with Crippen molar-refractivity contribution in [1.29, 1.82) is 0 Å². The minimum atomic E-state index is -0.300. The van der Waals surface area contributed by atoms with Gasteiger partial charge in [0.1, 0.15) is 0 Å². The quantitative estimate of drug-likeness (QED) is 0.645. The summed E-state index contributed by atoms with van der Waals surface area (Å²) in [6.07, 6.45) is 0. The number of fused-ring (bicyclic) bond motifs is 1. The number of benzene rings is 2. The summed E-state index contributed by atoms with van der Waals surface area (Å²) in [6.45, 7) is 4.61. The lowest BCUT2D eigenvalue weighted by atomic mass is 10.1. The number of ether oxygens (including phenoxy) is 1. The third-order valence-electron chi connectivity index (χ3n) is 4.42. The zero-order valence-electron chi connectivity index (χ0n) is 16.2. The van der Waals surface area contributed by atoms with Crippen molar-refractivity contribution >= 4 is 28.4 Å². The van der Waals surface area contributed by atoms with Gasteiger partial charge in [0.15, 0.2) is 0 Å². The number of hydrogen-bond donors (Lipinski definition) is 2. The number of anilines is 1. The van der Waals surface area contributed by atoms with E-state index in [0.717, 1.165) is 16.5 Å². The SMILES string of the molecule is COCCNC(=O)c1ccccc1NC(=O)c1cc2cc(C)ccc2nc1C. The normalized spacial score (nSPS) is 10.7. The van der Waals surface area contributed by atoms with Gasteiger partial charge >= 0.3 is 0 Å². The van der Waals surface area contributed by atoms with E-state index in [0.29, 0.717) is 35.7 Å². The predicted octanol–water partition coefficient (Wildman–Crippen LogP) is 3.48. The van der Waals surface area contributed by atoms with Gasteiger partial charge in [-0.15, -0.1) is 0 Å². The largest absolute Gasteiger partial charge is 0.383 e. The number of rotatable bonds is 6. The van der Waals surface area contributed by atoms with Crippen LogP contribution in [0.25, 0.3) is 10.9 Å². The molecule has 3 rings (SSSR count). The van der Waals surface area contributed by atoms with E-state index in [1.165, 1.54) is 0 Å². The Morgan fingerprint density at radius 2 is 1.79 bits per heavy atom. The maximum absolute atomic E-state index is 12.9. The van der Waals surface area contributed by atoms with Gasteiger partial charge in [-0.05, 0) is 44.2 Å². The number of nitrogens with zero attached hydrogens (tertiary/aromatic N) is 1. The molecule has 1 aromatic heterocycles. The first-order valence-corrected chi connectivity index (χ1v) is 9.05. The van der Waals surface area contributed by atoms with Crippen molar-refractivity contribution in [2.24, 2.45) is 0 Å². The van der Waals surface area contributed by atoms with Crippen molar-refractivity contribution in [3.05, 3.63) is 70.9 Å².